The smallest absolute Gasteiger partial charge is 0.0635 e. The van der Waals surface area contributed by atoms with Crippen molar-refractivity contribution in [3.63, 3.8) is 0 Å². The van der Waals surface area contributed by atoms with Gasteiger partial charge in [-0.15, -0.1) is 0 Å². The molecule has 0 aromatic carbocycles. The molecule has 0 aromatic heterocycles. The fourth-order valence-electron chi connectivity index (χ4n) is 1.22. The van der Waals surface area contributed by atoms with Crippen molar-refractivity contribution in [2.45, 2.75) is 12.8 Å². The van der Waals surface area contributed by atoms with Crippen molar-refractivity contribution in [1.29, 1.82) is 10.5 Å². The molecule has 0 spiro atoms. The zero-order valence-corrected chi connectivity index (χ0v) is 9.08. The predicted octanol–water partition coefficient (Wildman–Crippen LogP) is -0.336. The molecule has 0 radical (unpaired) electrons. The molecule has 0 aliphatic heterocycles. The lowest BCUT2D eigenvalue weighted by atomic mass is 10.3. The topological polar surface area (TPSA) is 88.9 Å². The molecule has 0 heterocycles. The maximum Gasteiger partial charge on any atom is 0.0635 e. The molecule has 0 aliphatic carbocycles. The lowest BCUT2D eigenvalue weighted by Gasteiger charge is -2.19. The van der Waals surface area contributed by atoms with Crippen LogP contribution in [-0.2, 0) is 0 Å². The summed E-state index contributed by atoms with van der Waals surface area (Å²) in [7, 11) is 0. The van der Waals surface area contributed by atoms with E-state index in [2.05, 4.69) is 22.4 Å². The van der Waals surface area contributed by atoms with Gasteiger partial charge in [-0.25, -0.2) is 0 Å². The predicted molar refractivity (Wildman–Crippen MR) is 58.8 cm³/mol. The third-order valence-corrected chi connectivity index (χ3v) is 2.01. The second-order valence-electron chi connectivity index (χ2n) is 3.20. The van der Waals surface area contributed by atoms with Crippen LogP contribution in [-0.4, -0.2) is 44.2 Å². The number of nitrogens with zero attached hydrogens (tertiary/aromatic N) is 3. The lowest BCUT2D eigenvalue weighted by molar-refractivity contribution is 0.286. The minimum Gasteiger partial charge on any atom is -0.329 e. The van der Waals surface area contributed by atoms with Crippen LogP contribution >= 0.6 is 0 Å². The fraction of sp³-hybridized carbons (Fsp3) is 0.800. The van der Waals surface area contributed by atoms with Crippen molar-refractivity contribution in [1.82, 2.24) is 10.2 Å². The van der Waals surface area contributed by atoms with E-state index in [0.717, 1.165) is 32.7 Å². The Balaban J connectivity index is 3.61. The van der Waals surface area contributed by atoms with Gasteiger partial charge < -0.3 is 16.0 Å². The molecule has 15 heavy (non-hydrogen) atoms. The first kappa shape index (κ1) is 13.9. The van der Waals surface area contributed by atoms with Gasteiger partial charge in [0.15, 0.2) is 0 Å². The van der Waals surface area contributed by atoms with E-state index in [1.54, 1.807) is 0 Å². The Morgan fingerprint density at radius 2 is 1.60 bits per heavy atom. The summed E-state index contributed by atoms with van der Waals surface area (Å²) in [5, 5.41) is 20.1. The summed E-state index contributed by atoms with van der Waals surface area (Å²) >= 11 is 0. The van der Waals surface area contributed by atoms with Crippen molar-refractivity contribution in [3.05, 3.63) is 0 Å². The van der Waals surface area contributed by atoms with Crippen LogP contribution in [0.3, 0.4) is 0 Å². The van der Waals surface area contributed by atoms with Crippen molar-refractivity contribution in [2.24, 2.45) is 5.73 Å². The molecule has 0 rings (SSSR count). The lowest BCUT2D eigenvalue weighted by Crippen LogP contribution is -2.35. The van der Waals surface area contributed by atoms with E-state index in [0.29, 0.717) is 19.4 Å². The highest BCUT2D eigenvalue weighted by Crippen LogP contribution is 1.92. The van der Waals surface area contributed by atoms with E-state index in [4.69, 9.17) is 16.3 Å². The number of rotatable bonds is 9. The Hall–Kier alpha value is -1.14. The summed E-state index contributed by atoms with van der Waals surface area (Å²) in [4.78, 5) is 2.12. The van der Waals surface area contributed by atoms with E-state index in [1.807, 2.05) is 0 Å². The Morgan fingerprint density at radius 1 is 1.00 bits per heavy atom. The molecule has 0 aliphatic rings. The highest BCUT2D eigenvalue weighted by atomic mass is 15.1. The van der Waals surface area contributed by atoms with E-state index < -0.39 is 0 Å². The first-order chi connectivity index (χ1) is 7.35. The summed E-state index contributed by atoms with van der Waals surface area (Å²) in [5.74, 6) is 0. The molecule has 5 nitrogen and oxygen atoms in total. The van der Waals surface area contributed by atoms with Crippen LogP contribution in [0.15, 0.2) is 0 Å². The van der Waals surface area contributed by atoms with Crippen molar-refractivity contribution in [3.8, 4) is 12.1 Å². The van der Waals surface area contributed by atoms with Gasteiger partial charge in [0.25, 0.3) is 0 Å². The molecule has 0 bridgehead atoms. The van der Waals surface area contributed by atoms with Crippen molar-refractivity contribution in [2.75, 3.05) is 39.3 Å². The average molecular weight is 209 g/mol. The van der Waals surface area contributed by atoms with Crippen LogP contribution in [0.25, 0.3) is 0 Å². The molecule has 0 aromatic rings. The first-order valence-electron chi connectivity index (χ1n) is 5.22. The molecule has 0 fully saturated rings. The van der Waals surface area contributed by atoms with Crippen LogP contribution in [0, 0.1) is 22.7 Å². The highest BCUT2D eigenvalue weighted by Gasteiger charge is 2.02. The standard InChI is InChI=1S/C10H19N5/c11-3-1-8-15(9-2-4-12)10-7-14-6-5-13/h14H,1-2,5-10,13H2. The van der Waals surface area contributed by atoms with Crippen LogP contribution in [0.1, 0.15) is 12.8 Å². The largest absolute Gasteiger partial charge is 0.329 e. The number of hydrogen-bond acceptors (Lipinski definition) is 5. The Labute approximate surface area is 91.5 Å². The third kappa shape index (κ3) is 9.17. The van der Waals surface area contributed by atoms with Gasteiger partial charge in [0, 0.05) is 52.1 Å². The monoisotopic (exact) mass is 209 g/mol. The summed E-state index contributed by atoms with van der Waals surface area (Å²) < 4.78 is 0. The SMILES string of the molecule is N#CCCN(CCC#N)CCNCCN. The quantitative estimate of drug-likeness (QED) is 0.507. The zero-order chi connectivity index (χ0) is 11.4. The molecule has 3 N–H and O–H groups in total. The summed E-state index contributed by atoms with van der Waals surface area (Å²) in [6, 6.07) is 4.22. The minimum atomic E-state index is 0.516. The van der Waals surface area contributed by atoms with Crippen molar-refractivity contribution < 1.29 is 0 Å². The average Bonchev–Trinajstić information content (AvgIpc) is 2.27. The fourth-order valence-corrected chi connectivity index (χ4v) is 1.22. The second kappa shape index (κ2) is 10.9. The molecular formula is C10H19N5. The van der Waals surface area contributed by atoms with E-state index in [-0.39, 0.29) is 0 Å². The zero-order valence-electron chi connectivity index (χ0n) is 9.08. The Morgan fingerprint density at radius 3 is 2.07 bits per heavy atom. The van der Waals surface area contributed by atoms with Gasteiger partial charge in [-0.2, -0.15) is 10.5 Å². The highest BCUT2D eigenvalue weighted by molar-refractivity contribution is 4.76. The molecule has 5 heteroatoms. The molecule has 0 atom stereocenters. The maximum atomic E-state index is 8.48. The Kier molecular flexibility index (Phi) is 10.1. The van der Waals surface area contributed by atoms with Gasteiger partial charge in [-0.1, -0.05) is 0 Å². The van der Waals surface area contributed by atoms with Gasteiger partial charge >= 0.3 is 0 Å². The van der Waals surface area contributed by atoms with Crippen LogP contribution in [0.5, 0.6) is 0 Å². The molecule has 0 unspecified atom stereocenters. The minimum absolute atomic E-state index is 0.516. The number of nitrogens with two attached hydrogens (primary N) is 1. The van der Waals surface area contributed by atoms with E-state index >= 15 is 0 Å². The normalized spacial score (nSPS) is 9.87. The van der Waals surface area contributed by atoms with Crippen LogP contribution in [0.4, 0.5) is 0 Å². The molecule has 0 saturated carbocycles. The molecule has 0 saturated heterocycles. The maximum absolute atomic E-state index is 8.48. The van der Waals surface area contributed by atoms with Gasteiger partial charge in [-0.05, 0) is 0 Å². The van der Waals surface area contributed by atoms with E-state index in [9.17, 15) is 0 Å². The van der Waals surface area contributed by atoms with Gasteiger partial charge in [0.05, 0.1) is 12.1 Å². The summed E-state index contributed by atoms with van der Waals surface area (Å²) in [6.45, 7) is 4.64. The van der Waals surface area contributed by atoms with Crippen LogP contribution < -0.4 is 11.1 Å². The van der Waals surface area contributed by atoms with Crippen molar-refractivity contribution >= 4 is 0 Å². The molecule has 0 amide bonds. The number of hydrogen-bond donors (Lipinski definition) is 2. The molecule has 84 valence electrons. The Bertz CT molecular complexity index is 197. The van der Waals surface area contributed by atoms with Gasteiger partial charge in [0.2, 0.25) is 0 Å². The first-order valence-corrected chi connectivity index (χ1v) is 5.22. The number of nitrogens with one attached hydrogen (secondary N) is 1. The van der Waals surface area contributed by atoms with E-state index in [1.165, 1.54) is 0 Å². The summed E-state index contributed by atoms with van der Waals surface area (Å²) in [5.41, 5.74) is 5.34. The summed E-state index contributed by atoms with van der Waals surface area (Å²) in [6.07, 6.45) is 1.03. The second-order valence-corrected chi connectivity index (χ2v) is 3.20. The van der Waals surface area contributed by atoms with Gasteiger partial charge in [-0.3, -0.25) is 0 Å². The van der Waals surface area contributed by atoms with Crippen LogP contribution in [0.2, 0.25) is 0 Å². The number of nitriles is 2. The molecular weight excluding hydrogens is 190 g/mol. The third-order valence-electron chi connectivity index (χ3n) is 2.01. The van der Waals surface area contributed by atoms with Gasteiger partial charge in [0.1, 0.15) is 0 Å².